The van der Waals surface area contributed by atoms with Gasteiger partial charge in [0.15, 0.2) is 6.10 Å². The lowest BCUT2D eigenvalue weighted by Gasteiger charge is -2.46. The Kier molecular flexibility index (Phi) is 2.87. The largest absolute Gasteiger partial charge is 0.479 e. The maximum Gasteiger partial charge on any atom is 0.334 e. The van der Waals surface area contributed by atoms with Crippen molar-refractivity contribution in [3.05, 3.63) is 0 Å². The van der Waals surface area contributed by atoms with Gasteiger partial charge in [0.05, 0.1) is 5.54 Å². The normalized spacial score (nSPS) is 35.2. The molecule has 0 amide bonds. The highest BCUT2D eigenvalue weighted by molar-refractivity contribution is 5.74. The summed E-state index contributed by atoms with van der Waals surface area (Å²) in [5, 5.41) is 20.7. The first-order valence-electron chi connectivity index (χ1n) is 4.32. The third-order valence-corrected chi connectivity index (χ3v) is 2.46. The van der Waals surface area contributed by atoms with Crippen LogP contribution in [0.5, 0.6) is 0 Å². The van der Waals surface area contributed by atoms with Crippen molar-refractivity contribution in [2.24, 2.45) is 0 Å². The second-order valence-corrected chi connectivity index (χ2v) is 3.43. The Hall–Kier alpha value is -0.680. The summed E-state index contributed by atoms with van der Waals surface area (Å²) < 4.78 is 12.6. The van der Waals surface area contributed by atoms with Crippen LogP contribution in [0.4, 0.5) is 4.39 Å². The van der Waals surface area contributed by atoms with Crippen LogP contribution in [0.25, 0.3) is 0 Å². The molecule has 0 aliphatic heterocycles. The summed E-state index contributed by atoms with van der Waals surface area (Å²) in [6, 6.07) is 0. The second-order valence-electron chi connectivity index (χ2n) is 3.43. The molecule has 0 aromatic heterocycles. The van der Waals surface area contributed by atoms with E-state index in [-0.39, 0.29) is 12.8 Å². The quantitative estimate of drug-likeness (QED) is 0.581. The fourth-order valence-corrected chi connectivity index (χ4v) is 1.78. The molecular weight excluding hydrogens is 177 g/mol. The topological polar surface area (TPSA) is 69.6 Å². The van der Waals surface area contributed by atoms with E-state index in [0.29, 0.717) is 6.54 Å². The molecule has 1 saturated carbocycles. The van der Waals surface area contributed by atoms with E-state index in [1.807, 2.05) is 0 Å². The first kappa shape index (κ1) is 10.4. The van der Waals surface area contributed by atoms with E-state index >= 15 is 0 Å². The van der Waals surface area contributed by atoms with Crippen molar-refractivity contribution in [1.82, 2.24) is 5.32 Å². The molecule has 0 spiro atoms. The maximum atomic E-state index is 12.6. The summed E-state index contributed by atoms with van der Waals surface area (Å²) in [6.07, 6.45) is -2.35. The lowest BCUT2D eigenvalue weighted by atomic mass is 9.71. The lowest BCUT2D eigenvalue weighted by Crippen LogP contribution is -2.65. The molecule has 1 aliphatic carbocycles. The molecule has 0 radical (unpaired) electrons. The number of likely N-dealkylation sites (N-methyl/N-ethyl adjacent to an activating group) is 1. The zero-order valence-corrected chi connectivity index (χ0v) is 7.46. The Balaban J connectivity index is 2.63. The molecule has 1 unspecified atom stereocenters. The number of hydrogen-bond donors (Lipinski definition) is 3. The Morgan fingerprint density at radius 3 is 2.62 bits per heavy atom. The molecule has 0 aromatic carbocycles. The van der Waals surface area contributed by atoms with Crippen LogP contribution in [0.2, 0.25) is 0 Å². The SMILES string of the molecule is CCNC1(C(O)C(=O)O)CC(F)C1. The number of rotatable bonds is 4. The minimum Gasteiger partial charge on any atom is -0.479 e. The average molecular weight is 191 g/mol. The Bertz CT molecular complexity index is 198. The molecule has 1 fully saturated rings. The number of aliphatic carboxylic acids is 1. The van der Waals surface area contributed by atoms with Gasteiger partial charge in [-0.2, -0.15) is 0 Å². The molecule has 0 saturated heterocycles. The number of halogens is 1. The minimum absolute atomic E-state index is 0.0777. The molecule has 1 aliphatic rings. The van der Waals surface area contributed by atoms with E-state index in [2.05, 4.69) is 5.32 Å². The number of alkyl halides is 1. The van der Waals surface area contributed by atoms with Gasteiger partial charge in [0.25, 0.3) is 0 Å². The van der Waals surface area contributed by atoms with Gasteiger partial charge in [-0.3, -0.25) is 0 Å². The zero-order valence-electron chi connectivity index (χ0n) is 7.46. The summed E-state index contributed by atoms with van der Waals surface area (Å²) in [7, 11) is 0. The minimum atomic E-state index is -1.51. The van der Waals surface area contributed by atoms with Gasteiger partial charge in [-0.25, -0.2) is 9.18 Å². The first-order valence-corrected chi connectivity index (χ1v) is 4.32. The van der Waals surface area contributed by atoms with E-state index in [0.717, 1.165) is 0 Å². The van der Waals surface area contributed by atoms with Crippen LogP contribution >= 0.6 is 0 Å². The third-order valence-electron chi connectivity index (χ3n) is 2.46. The predicted molar refractivity (Wildman–Crippen MR) is 44.2 cm³/mol. The standard InChI is InChI=1S/C8H14FNO3/c1-2-10-8(3-5(9)4-8)6(11)7(12)13/h5-6,10-11H,2-4H2,1H3,(H,12,13). The highest BCUT2D eigenvalue weighted by Crippen LogP contribution is 2.37. The Labute approximate surface area is 75.8 Å². The van der Waals surface area contributed by atoms with Crippen LogP contribution in [0.3, 0.4) is 0 Å². The number of carboxylic acids is 1. The van der Waals surface area contributed by atoms with Crippen molar-refractivity contribution in [3.63, 3.8) is 0 Å². The van der Waals surface area contributed by atoms with Crippen molar-refractivity contribution >= 4 is 5.97 Å². The highest BCUT2D eigenvalue weighted by atomic mass is 19.1. The smallest absolute Gasteiger partial charge is 0.334 e. The molecule has 76 valence electrons. The predicted octanol–water partition coefficient (Wildman–Crippen LogP) is -0.0879. The summed E-state index contributed by atoms with van der Waals surface area (Å²) in [5.41, 5.74) is -0.944. The number of aliphatic hydroxyl groups excluding tert-OH is 1. The Morgan fingerprint density at radius 1 is 1.77 bits per heavy atom. The molecule has 0 heterocycles. The summed E-state index contributed by atoms with van der Waals surface area (Å²) >= 11 is 0. The van der Waals surface area contributed by atoms with Gasteiger partial charge in [-0.15, -0.1) is 0 Å². The number of carbonyl (C=O) groups is 1. The number of aliphatic hydroxyl groups is 1. The van der Waals surface area contributed by atoms with E-state index in [1.165, 1.54) is 0 Å². The van der Waals surface area contributed by atoms with Crippen LogP contribution in [0.1, 0.15) is 19.8 Å². The van der Waals surface area contributed by atoms with Crippen molar-refractivity contribution in [3.8, 4) is 0 Å². The van der Waals surface area contributed by atoms with Crippen LogP contribution in [-0.4, -0.2) is 40.5 Å². The number of nitrogens with one attached hydrogen (secondary N) is 1. The van der Waals surface area contributed by atoms with Crippen LogP contribution in [0, 0.1) is 0 Å². The van der Waals surface area contributed by atoms with E-state index in [4.69, 9.17) is 5.11 Å². The molecule has 1 atom stereocenters. The van der Waals surface area contributed by atoms with Crippen LogP contribution < -0.4 is 5.32 Å². The molecule has 0 aromatic rings. The third kappa shape index (κ3) is 1.81. The van der Waals surface area contributed by atoms with Gasteiger partial charge < -0.3 is 15.5 Å². The lowest BCUT2D eigenvalue weighted by molar-refractivity contribution is -0.157. The second kappa shape index (κ2) is 3.59. The van der Waals surface area contributed by atoms with E-state index in [9.17, 15) is 14.3 Å². The monoisotopic (exact) mass is 191 g/mol. The van der Waals surface area contributed by atoms with E-state index < -0.39 is 23.8 Å². The molecule has 4 nitrogen and oxygen atoms in total. The fourth-order valence-electron chi connectivity index (χ4n) is 1.78. The van der Waals surface area contributed by atoms with Crippen LogP contribution in [-0.2, 0) is 4.79 Å². The van der Waals surface area contributed by atoms with Gasteiger partial charge in [0.1, 0.15) is 6.17 Å². The zero-order chi connectivity index (χ0) is 10.1. The van der Waals surface area contributed by atoms with Gasteiger partial charge in [-0.1, -0.05) is 6.92 Å². The van der Waals surface area contributed by atoms with Gasteiger partial charge in [0.2, 0.25) is 0 Å². The van der Waals surface area contributed by atoms with Gasteiger partial charge >= 0.3 is 5.97 Å². The van der Waals surface area contributed by atoms with E-state index in [1.54, 1.807) is 6.92 Å². The van der Waals surface area contributed by atoms with Crippen LogP contribution in [0.15, 0.2) is 0 Å². The molecule has 5 heteroatoms. The van der Waals surface area contributed by atoms with Crippen molar-refractivity contribution in [2.45, 2.75) is 37.6 Å². The van der Waals surface area contributed by atoms with Crippen molar-refractivity contribution in [1.29, 1.82) is 0 Å². The molecule has 13 heavy (non-hydrogen) atoms. The summed E-state index contributed by atoms with van der Waals surface area (Å²) in [5.74, 6) is -1.30. The molecule has 1 rings (SSSR count). The fraction of sp³-hybridized carbons (Fsp3) is 0.875. The summed E-state index contributed by atoms with van der Waals surface area (Å²) in [4.78, 5) is 10.5. The van der Waals surface area contributed by atoms with Crippen molar-refractivity contribution < 1.29 is 19.4 Å². The highest BCUT2D eigenvalue weighted by Gasteiger charge is 2.52. The molecule has 3 N–H and O–H groups in total. The average Bonchev–Trinajstić information content (AvgIpc) is 2.00. The first-order chi connectivity index (χ1) is 6.02. The van der Waals surface area contributed by atoms with Gasteiger partial charge in [0, 0.05) is 12.8 Å². The molecule has 0 bridgehead atoms. The summed E-state index contributed by atoms with van der Waals surface area (Å²) in [6.45, 7) is 2.32. The van der Waals surface area contributed by atoms with Gasteiger partial charge in [-0.05, 0) is 6.54 Å². The molecular formula is C8H14FNO3. The Morgan fingerprint density at radius 2 is 2.31 bits per heavy atom. The maximum absolute atomic E-state index is 12.6. The number of carboxylic acid groups (broad SMARTS) is 1. The van der Waals surface area contributed by atoms with Crippen molar-refractivity contribution in [2.75, 3.05) is 6.54 Å². The number of hydrogen-bond acceptors (Lipinski definition) is 3.